The lowest BCUT2D eigenvalue weighted by atomic mass is 10.1. The summed E-state index contributed by atoms with van der Waals surface area (Å²) in [6, 6.07) is 18.4. The molecule has 0 saturated heterocycles. The van der Waals surface area contributed by atoms with Crippen LogP contribution in [0.3, 0.4) is 0 Å². The summed E-state index contributed by atoms with van der Waals surface area (Å²) in [4.78, 5) is 25.6. The summed E-state index contributed by atoms with van der Waals surface area (Å²) in [5.41, 5.74) is 0.534. The number of nitrogens with zero attached hydrogens (tertiary/aromatic N) is 1. The predicted molar refractivity (Wildman–Crippen MR) is 137 cm³/mol. The van der Waals surface area contributed by atoms with Gasteiger partial charge in [0.2, 0.25) is 5.91 Å². The van der Waals surface area contributed by atoms with E-state index < -0.39 is 28.4 Å². The second-order valence-corrected chi connectivity index (χ2v) is 9.97. The average Bonchev–Trinajstić information content (AvgIpc) is 2.84. The zero-order valence-corrected chi connectivity index (χ0v) is 21.0. The molecule has 0 saturated carbocycles. The van der Waals surface area contributed by atoms with E-state index in [1.54, 1.807) is 42.5 Å². The van der Waals surface area contributed by atoms with Crippen molar-refractivity contribution in [2.24, 2.45) is 0 Å². The second kappa shape index (κ2) is 12.0. The molecule has 8 nitrogen and oxygen atoms in total. The number of amides is 2. The third-order valence-corrected chi connectivity index (χ3v) is 7.15. The van der Waals surface area contributed by atoms with Gasteiger partial charge in [0, 0.05) is 18.7 Å². The summed E-state index contributed by atoms with van der Waals surface area (Å²) < 4.78 is 32.7. The lowest BCUT2D eigenvalue weighted by Crippen LogP contribution is -2.38. The Morgan fingerprint density at radius 2 is 1.66 bits per heavy atom. The van der Waals surface area contributed by atoms with Gasteiger partial charge in [0.1, 0.15) is 6.54 Å². The Bertz CT molecular complexity index is 1300. The molecule has 2 amide bonds. The number of halogens is 2. The summed E-state index contributed by atoms with van der Waals surface area (Å²) >= 11 is 12.3. The molecule has 3 aromatic rings. The molecule has 0 heterocycles. The molecule has 0 aliphatic rings. The van der Waals surface area contributed by atoms with E-state index in [1.165, 1.54) is 37.4 Å². The Morgan fingerprint density at radius 3 is 2.34 bits per heavy atom. The highest BCUT2D eigenvalue weighted by atomic mass is 35.5. The van der Waals surface area contributed by atoms with E-state index in [-0.39, 0.29) is 33.4 Å². The van der Waals surface area contributed by atoms with Gasteiger partial charge in [-0.3, -0.25) is 13.9 Å². The van der Waals surface area contributed by atoms with Crippen molar-refractivity contribution in [1.29, 1.82) is 0 Å². The molecule has 11 heteroatoms. The fourth-order valence-corrected chi connectivity index (χ4v) is 5.20. The molecule has 184 valence electrons. The number of carbonyl (C=O) groups is 2. The summed E-state index contributed by atoms with van der Waals surface area (Å²) in [7, 11) is -2.65. The largest absolute Gasteiger partial charge is 0.383 e. The standard InChI is InChI=1S/C24H23Cl2N3O5S/c1-34-14-13-27-24(31)19-9-5-6-10-21(19)28-23(30)16-29(22-12-11-17(25)15-20(22)26)35(32,33)18-7-3-2-4-8-18/h2-12,15H,13-14,16H2,1H3,(H,27,31)(H,28,30). The zero-order chi connectivity index (χ0) is 25.4. The topological polar surface area (TPSA) is 105 Å². The highest BCUT2D eigenvalue weighted by molar-refractivity contribution is 7.92. The Balaban J connectivity index is 1.91. The van der Waals surface area contributed by atoms with E-state index in [0.717, 1.165) is 4.31 Å². The second-order valence-electron chi connectivity index (χ2n) is 7.26. The third-order valence-electron chi connectivity index (χ3n) is 4.83. The molecule has 0 aliphatic heterocycles. The van der Waals surface area contributed by atoms with Crippen molar-refractivity contribution in [3.8, 4) is 0 Å². The molecule has 0 unspecified atom stereocenters. The Kier molecular flexibility index (Phi) is 9.11. The van der Waals surface area contributed by atoms with Gasteiger partial charge in [0.25, 0.3) is 15.9 Å². The quantitative estimate of drug-likeness (QED) is 0.378. The minimum absolute atomic E-state index is 0.0169. The fourth-order valence-electron chi connectivity index (χ4n) is 3.17. The number of hydrogen-bond acceptors (Lipinski definition) is 5. The first-order valence-electron chi connectivity index (χ1n) is 10.4. The van der Waals surface area contributed by atoms with Crippen LogP contribution >= 0.6 is 23.2 Å². The van der Waals surface area contributed by atoms with Crippen LogP contribution in [0.1, 0.15) is 10.4 Å². The van der Waals surface area contributed by atoms with Gasteiger partial charge in [-0.25, -0.2) is 8.42 Å². The van der Waals surface area contributed by atoms with Crippen LogP contribution in [0, 0.1) is 0 Å². The molecule has 0 atom stereocenters. The van der Waals surface area contributed by atoms with Crippen LogP contribution in [-0.4, -0.2) is 47.0 Å². The Morgan fingerprint density at radius 1 is 0.971 bits per heavy atom. The summed E-state index contributed by atoms with van der Waals surface area (Å²) in [5.74, 6) is -1.08. The van der Waals surface area contributed by atoms with Crippen LogP contribution in [0.25, 0.3) is 0 Å². The van der Waals surface area contributed by atoms with Gasteiger partial charge in [-0.2, -0.15) is 0 Å². The number of nitrogens with one attached hydrogen (secondary N) is 2. The summed E-state index contributed by atoms with van der Waals surface area (Å²) in [6.07, 6.45) is 0. The number of ether oxygens (including phenoxy) is 1. The smallest absolute Gasteiger partial charge is 0.264 e. The maximum absolute atomic E-state index is 13.5. The number of rotatable bonds is 10. The van der Waals surface area contributed by atoms with Crippen molar-refractivity contribution in [3.05, 3.63) is 88.4 Å². The maximum atomic E-state index is 13.5. The Labute approximate surface area is 213 Å². The summed E-state index contributed by atoms with van der Waals surface area (Å²) in [6.45, 7) is 0.0163. The molecular weight excluding hydrogens is 513 g/mol. The molecule has 2 N–H and O–H groups in total. The number of hydrogen-bond donors (Lipinski definition) is 2. The van der Waals surface area contributed by atoms with Crippen molar-refractivity contribution in [2.45, 2.75) is 4.90 Å². The molecule has 0 bridgehead atoms. The highest BCUT2D eigenvalue weighted by Gasteiger charge is 2.29. The number of sulfonamides is 1. The van der Waals surface area contributed by atoms with Crippen molar-refractivity contribution >= 4 is 56.4 Å². The van der Waals surface area contributed by atoms with E-state index in [4.69, 9.17) is 27.9 Å². The molecular formula is C24H23Cl2N3O5S. The first-order valence-corrected chi connectivity index (χ1v) is 12.6. The van der Waals surface area contributed by atoms with E-state index >= 15 is 0 Å². The van der Waals surface area contributed by atoms with Crippen LogP contribution < -0.4 is 14.9 Å². The zero-order valence-electron chi connectivity index (χ0n) is 18.7. The molecule has 3 aromatic carbocycles. The number of anilines is 2. The number of para-hydroxylation sites is 1. The predicted octanol–water partition coefficient (Wildman–Crippen LogP) is 4.20. The van der Waals surface area contributed by atoms with Gasteiger partial charge < -0.3 is 15.4 Å². The van der Waals surface area contributed by atoms with Crippen LogP contribution in [-0.2, 0) is 19.6 Å². The van der Waals surface area contributed by atoms with Gasteiger partial charge in [-0.1, -0.05) is 53.5 Å². The van der Waals surface area contributed by atoms with E-state index in [9.17, 15) is 18.0 Å². The van der Waals surface area contributed by atoms with Crippen molar-refractivity contribution < 1.29 is 22.7 Å². The fraction of sp³-hybridized carbons (Fsp3) is 0.167. The number of carbonyl (C=O) groups excluding carboxylic acids is 2. The van der Waals surface area contributed by atoms with E-state index in [2.05, 4.69) is 10.6 Å². The van der Waals surface area contributed by atoms with E-state index in [0.29, 0.717) is 11.6 Å². The highest BCUT2D eigenvalue weighted by Crippen LogP contribution is 2.32. The first kappa shape index (κ1) is 26.5. The average molecular weight is 536 g/mol. The van der Waals surface area contributed by atoms with Crippen molar-refractivity contribution in [3.63, 3.8) is 0 Å². The van der Waals surface area contributed by atoms with Crippen LogP contribution in [0.4, 0.5) is 11.4 Å². The van der Waals surface area contributed by atoms with Gasteiger partial charge >= 0.3 is 0 Å². The minimum Gasteiger partial charge on any atom is -0.383 e. The molecule has 3 rings (SSSR count). The molecule has 0 spiro atoms. The minimum atomic E-state index is -4.17. The SMILES string of the molecule is COCCNC(=O)c1ccccc1NC(=O)CN(c1ccc(Cl)cc1Cl)S(=O)(=O)c1ccccc1. The van der Waals surface area contributed by atoms with Gasteiger partial charge in [0.15, 0.2) is 0 Å². The van der Waals surface area contributed by atoms with Crippen molar-refractivity contribution in [2.75, 3.05) is 36.4 Å². The van der Waals surface area contributed by atoms with Crippen LogP contribution in [0.2, 0.25) is 10.0 Å². The maximum Gasteiger partial charge on any atom is 0.264 e. The number of benzene rings is 3. The lowest BCUT2D eigenvalue weighted by molar-refractivity contribution is -0.114. The van der Waals surface area contributed by atoms with Crippen molar-refractivity contribution in [1.82, 2.24) is 5.32 Å². The molecule has 0 aromatic heterocycles. The molecule has 0 aliphatic carbocycles. The molecule has 35 heavy (non-hydrogen) atoms. The van der Waals surface area contributed by atoms with Crippen LogP contribution in [0.5, 0.6) is 0 Å². The van der Waals surface area contributed by atoms with Gasteiger partial charge in [-0.05, 0) is 42.5 Å². The molecule has 0 fully saturated rings. The van der Waals surface area contributed by atoms with Crippen LogP contribution in [0.15, 0.2) is 77.7 Å². The Hall–Kier alpha value is -3.11. The first-order chi connectivity index (χ1) is 16.7. The number of methoxy groups -OCH3 is 1. The van der Waals surface area contributed by atoms with Gasteiger partial charge in [-0.15, -0.1) is 0 Å². The van der Waals surface area contributed by atoms with Gasteiger partial charge in [0.05, 0.1) is 33.5 Å². The third kappa shape index (κ3) is 6.73. The normalized spacial score (nSPS) is 11.1. The summed E-state index contributed by atoms with van der Waals surface area (Å²) in [5, 5.41) is 5.69. The monoisotopic (exact) mass is 535 g/mol. The molecule has 0 radical (unpaired) electrons. The lowest BCUT2D eigenvalue weighted by Gasteiger charge is -2.25. The van der Waals surface area contributed by atoms with E-state index in [1.807, 2.05) is 0 Å².